The molecule has 0 aliphatic carbocycles. The molecule has 0 spiro atoms. The molecule has 0 saturated heterocycles. The van der Waals surface area contributed by atoms with Gasteiger partial charge in [0.05, 0.1) is 4.90 Å². The van der Waals surface area contributed by atoms with E-state index in [1.807, 2.05) is 0 Å². The Morgan fingerprint density at radius 1 is 0.720 bits per heavy atom. The van der Waals surface area contributed by atoms with Gasteiger partial charge in [-0.2, -0.15) is 8.42 Å². The van der Waals surface area contributed by atoms with Crippen molar-refractivity contribution in [3.05, 3.63) is 29.8 Å². The van der Waals surface area contributed by atoms with Crippen LogP contribution in [-0.4, -0.2) is 31.8 Å². The van der Waals surface area contributed by atoms with Crippen LogP contribution in [-0.2, 0) is 16.5 Å². The normalized spacial score (nSPS) is 11.3. The van der Waals surface area contributed by atoms with Crippen molar-refractivity contribution in [2.75, 3.05) is 0 Å². The molecule has 0 aromatic heterocycles. The summed E-state index contributed by atoms with van der Waals surface area (Å²) in [7, 11) is -4.07. The summed E-state index contributed by atoms with van der Waals surface area (Å²) in [5, 5.41) is 0. The first-order chi connectivity index (χ1) is 11.5. The minimum atomic E-state index is -4.07. The summed E-state index contributed by atoms with van der Waals surface area (Å²) in [4.78, 5) is -0.0269. The summed E-state index contributed by atoms with van der Waals surface area (Å²) in [6.45, 7) is 2.26. The molecule has 140 valence electrons. The molecule has 0 unspecified atom stereocenters. The molecule has 1 rings (SSSR count). The van der Waals surface area contributed by atoms with Gasteiger partial charge in [-0.05, 0) is 30.5 Å². The van der Waals surface area contributed by atoms with Crippen molar-refractivity contribution >= 4 is 29.0 Å². The third-order valence-electron chi connectivity index (χ3n) is 4.54. The van der Waals surface area contributed by atoms with E-state index in [-0.39, 0.29) is 23.8 Å². The van der Waals surface area contributed by atoms with E-state index in [2.05, 4.69) is 6.92 Å². The van der Waals surface area contributed by atoms with E-state index < -0.39 is 10.1 Å². The summed E-state index contributed by atoms with van der Waals surface area (Å²) >= 11 is 0. The first kappa shape index (κ1) is 24.7. The van der Waals surface area contributed by atoms with Gasteiger partial charge in [0.2, 0.25) is 0 Å². The SMILES string of the molecule is CCCCCCCCCCCCCCc1ccc(S(=O)(=O)O)cc1.[LiH]. The van der Waals surface area contributed by atoms with E-state index in [1.165, 1.54) is 82.8 Å². The van der Waals surface area contributed by atoms with E-state index in [0.29, 0.717) is 0 Å². The quantitative estimate of drug-likeness (QED) is 0.269. The average molecular weight is 363 g/mol. The third kappa shape index (κ3) is 12.7. The second-order valence-corrected chi connectivity index (χ2v) is 8.18. The zero-order valence-electron chi connectivity index (χ0n) is 15.2. The van der Waals surface area contributed by atoms with Gasteiger partial charge in [0.1, 0.15) is 0 Å². The van der Waals surface area contributed by atoms with Crippen molar-refractivity contribution in [2.24, 2.45) is 0 Å². The molecule has 25 heavy (non-hydrogen) atoms. The van der Waals surface area contributed by atoms with E-state index in [1.54, 1.807) is 12.1 Å². The van der Waals surface area contributed by atoms with Crippen molar-refractivity contribution in [1.82, 2.24) is 0 Å². The first-order valence-corrected chi connectivity index (χ1v) is 11.0. The van der Waals surface area contributed by atoms with Gasteiger partial charge in [-0.25, -0.2) is 0 Å². The number of rotatable bonds is 14. The van der Waals surface area contributed by atoms with E-state index in [0.717, 1.165) is 18.4 Å². The first-order valence-electron chi connectivity index (χ1n) is 9.60. The Balaban J connectivity index is 0.00000576. The van der Waals surface area contributed by atoms with Crippen LogP contribution >= 0.6 is 0 Å². The Morgan fingerprint density at radius 2 is 1.12 bits per heavy atom. The Labute approximate surface area is 166 Å². The number of aryl methyl sites for hydroxylation is 1. The zero-order chi connectivity index (χ0) is 17.7. The van der Waals surface area contributed by atoms with Gasteiger partial charge in [0, 0.05) is 0 Å². The zero-order valence-corrected chi connectivity index (χ0v) is 16.0. The minimum absolute atomic E-state index is 0. The van der Waals surface area contributed by atoms with Gasteiger partial charge in [0.15, 0.2) is 0 Å². The molecule has 0 radical (unpaired) electrons. The Morgan fingerprint density at radius 3 is 1.52 bits per heavy atom. The topological polar surface area (TPSA) is 54.4 Å². The average Bonchev–Trinajstić information content (AvgIpc) is 2.55. The molecule has 0 atom stereocenters. The summed E-state index contributed by atoms with van der Waals surface area (Å²) < 4.78 is 30.9. The molecule has 0 heterocycles. The van der Waals surface area contributed by atoms with Gasteiger partial charge >= 0.3 is 18.9 Å². The number of unbranched alkanes of at least 4 members (excludes halogenated alkanes) is 11. The summed E-state index contributed by atoms with van der Waals surface area (Å²) in [5.41, 5.74) is 1.13. The third-order valence-corrected chi connectivity index (χ3v) is 5.41. The van der Waals surface area contributed by atoms with Crippen molar-refractivity contribution < 1.29 is 13.0 Å². The van der Waals surface area contributed by atoms with Crippen molar-refractivity contribution in [1.29, 1.82) is 0 Å². The van der Waals surface area contributed by atoms with E-state index in [4.69, 9.17) is 4.55 Å². The second kappa shape index (κ2) is 14.9. The van der Waals surface area contributed by atoms with Crippen LogP contribution in [0.25, 0.3) is 0 Å². The van der Waals surface area contributed by atoms with Crippen molar-refractivity contribution in [3.63, 3.8) is 0 Å². The molecule has 1 aromatic carbocycles. The molecule has 0 aliphatic rings. The molecule has 0 bridgehead atoms. The van der Waals surface area contributed by atoms with Crippen LogP contribution in [0.2, 0.25) is 0 Å². The van der Waals surface area contributed by atoms with Crippen LogP contribution in [0.1, 0.15) is 89.5 Å². The van der Waals surface area contributed by atoms with Gasteiger partial charge in [-0.15, -0.1) is 0 Å². The van der Waals surface area contributed by atoms with Gasteiger partial charge in [0.25, 0.3) is 10.1 Å². The number of benzene rings is 1. The molecule has 1 N–H and O–H groups in total. The molecule has 3 nitrogen and oxygen atoms in total. The van der Waals surface area contributed by atoms with Crippen molar-refractivity contribution in [2.45, 2.75) is 95.3 Å². The predicted molar refractivity (Wildman–Crippen MR) is 108 cm³/mol. The summed E-state index contributed by atoms with van der Waals surface area (Å²) in [5.74, 6) is 0. The molecule has 0 saturated carbocycles. The fourth-order valence-electron chi connectivity index (χ4n) is 3.00. The van der Waals surface area contributed by atoms with Gasteiger partial charge < -0.3 is 0 Å². The van der Waals surface area contributed by atoms with Crippen LogP contribution in [0.4, 0.5) is 0 Å². The molecular formula is C20H35LiO3S. The monoisotopic (exact) mass is 362 g/mol. The molecule has 0 fully saturated rings. The van der Waals surface area contributed by atoms with Crippen LogP contribution < -0.4 is 0 Å². The van der Waals surface area contributed by atoms with Crippen LogP contribution in [0.3, 0.4) is 0 Å². The molecule has 5 heteroatoms. The predicted octanol–water partition coefficient (Wildman–Crippen LogP) is 5.53. The van der Waals surface area contributed by atoms with Gasteiger partial charge in [-0.1, -0.05) is 89.7 Å². The van der Waals surface area contributed by atoms with E-state index >= 15 is 0 Å². The number of hydrogen-bond donors (Lipinski definition) is 1. The Kier molecular flexibility index (Phi) is 14.7. The molecule has 0 aliphatic heterocycles. The van der Waals surface area contributed by atoms with Gasteiger partial charge in [-0.3, -0.25) is 4.55 Å². The Bertz CT molecular complexity index is 526. The van der Waals surface area contributed by atoms with Crippen LogP contribution in [0, 0.1) is 0 Å². The standard InChI is InChI=1S/C20H34O3S.Li.H/c1-2-3-4-5-6-7-8-9-10-11-12-13-14-19-15-17-20(18-16-19)24(21,22)23;;/h15-18H,2-14H2,1H3,(H,21,22,23);;. The fraction of sp³-hybridized carbons (Fsp3) is 0.700. The molecular weight excluding hydrogens is 327 g/mol. The number of hydrogen-bond acceptors (Lipinski definition) is 2. The Hall–Kier alpha value is -0.273. The van der Waals surface area contributed by atoms with Crippen molar-refractivity contribution in [3.8, 4) is 0 Å². The summed E-state index contributed by atoms with van der Waals surface area (Å²) in [6.07, 6.45) is 17.0. The molecule has 0 amide bonds. The van der Waals surface area contributed by atoms with Crippen LogP contribution in [0.5, 0.6) is 0 Å². The molecule has 1 aromatic rings. The second-order valence-electron chi connectivity index (χ2n) is 6.76. The van der Waals surface area contributed by atoms with E-state index in [9.17, 15) is 8.42 Å². The maximum absolute atomic E-state index is 11.0. The fourth-order valence-corrected chi connectivity index (χ4v) is 3.48. The van der Waals surface area contributed by atoms with Crippen LogP contribution in [0.15, 0.2) is 29.2 Å². The summed E-state index contributed by atoms with van der Waals surface area (Å²) in [6, 6.07) is 6.54. The maximum atomic E-state index is 11.0.